The number of benzene rings is 3. The highest BCUT2D eigenvalue weighted by molar-refractivity contribution is 6.06. The molecular formula is C25H20N4O2. The third-order valence-corrected chi connectivity index (χ3v) is 4.67. The smallest absolute Gasteiger partial charge is 0.221 e. The molecule has 0 spiro atoms. The molecule has 4 aromatic rings. The largest absolute Gasteiger partial charge is 0.326 e. The Bertz CT molecular complexity index is 1220. The maximum atomic E-state index is 12.5. The zero-order valence-electron chi connectivity index (χ0n) is 16.9. The number of hydrogen-bond donors (Lipinski definition) is 1. The number of nitrogens with one attached hydrogen (secondary N) is 1. The summed E-state index contributed by atoms with van der Waals surface area (Å²) in [4.78, 5) is 23.6. The van der Waals surface area contributed by atoms with E-state index >= 15 is 0 Å². The molecule has 4 rings (SSSR count). The van der Waals surface area contributed by atoms with E-state index in [0.717, 1.165) is 28.2 Å². The van der Waals surface area contributed by atoms with Crippen molar-refractivity contribution >= 4 is 23.5 Å². The number of allylic oxidation sites excluding steroid dienone is 1. The summed E-state index contributed by atoms with van der Waals surface area (Å²) in [6.07, 6.45) is 5.00. The number of rotatable bonds is 6. The van der Waals surface area contributed by atoms with Crippen molar-refractivity contribution in [1.82, 2.24) is 15.0 Å². The van der Waals surface area contributed by atoms with Crippen LogP contribution < -0.4 is 5.32 Å². The van der Waals surface area contributed by atoms with Gasteiger partial charge in [0.25, 0.3) is 0 Å². The van der Waals surface area contributed by atoms with Crippen molar-refractivity contribution in [3.8, 4) is 16.9 Å². The van der Waals surface area contributed by atoms with E-state index in [1.807, 2.05) is 54.6 Å². The minimum atomic E-state index is -0.122. The van der Waals surface area contributed by atoms with Crippen molar-refractivity contribution in [3.63, 3.8) is 0 Å². The normalized spacial score (nSPS) is 10.9. The van der Waals surface area contributed by atoms with Gasteiger partial charge in [0.05, 0.1) is 17.6 Å². The summed E-state index contributed by atoms with van der Waals surface area (Å²) in [5.74, 6) is -0.219. The van der Waals surface area contributed by atoms with Crippen LogP contribution in [-0.4, -0.2) is 26.7 Å². The standard InChI is InChI=1S/C25H20N4O2/c1-18(30)27-22-12-7-19(8-13-22)9-16-25(31)21-10-14-23(15-11-21)29-24(17-26-28-29)20-5-3-2-4-6-20/h2-17H,1H3,(H,27,30). The molecule has 0 unspecified atom stereocenters. The van der Waals surface area contributed by atoms with E-state index in [1.54, 1.807) is 41.2 Å². The fourth-order valence-corrected chi connectivity index (χ4v) is 3.15. The molecule has 0 atom stereocenters. The first-order chi connectivity index (χ1) is 15.1. The van der Waals surface area contributed by atoms with Crippen LogP contribution in [-0.2, 0) is 4.79 Å². The summed E-state index contributed by atoms with van der Waals surface area (Å²) in [7, 11) is 0. The number of ketones is 1. The first-order valence-electron chi connectivity index (χ1n) is 9.77. The fourth-order valence-electron chi connectivity index (χ4n) is 3.15. The molecule has 0 aliphatic rings. The van der Waals surface area contributed by atoms with E-state index < -0.39 is 0 Å². The van der Waals surface area contributed by atoms with Crippen molar-refractivity contribution in [1.29, 1.82) is 0 Å². The zero-order chi connectivity index (χ0) is 21.6. The third-order valence-electron chi connectivity index (χ3n) is 4.67. The van der Waals surface area contributed by atoms with Gasteiger partial charge in [0.1, 0.15) is 0 Å². The molecule has 0 bridgehead atoms. The molecular weight excluding hydrogens is 388 g/mol. The summed E-state index contributed by atoms with van der Waals surface area (Å²) in [5.41, 5.74) is 4.88. The third kappa shape index (κ3) is 4.82. The van der Waals surface area contributed by atoms with E-state index in [4.69, 9.17) is 0 Å². The van der Waals surface area contributed by atoms with Crippen molar-refractivity contribution in [2.75, 3.05) is 5.32 Å². The molecule has 6 heteroatoms. The van der Waals surface area contributed by atoms with Gasteiger partial charge < -0.3 is 5.32 Å². The summed E-state index contributed by atoms with van der Waals surface area (Å²) >= 11 is 0. The molecule has 0 aliphatic heterocycles. The predicted molar refractivity (Wildman–Crippen MR) is 121 cm³/mol. The zero-order valence-corrected chi connectivity index (χ0v) is 16.9. The van der Waals surface area contributed by atoms with E-state index in [1.165, 1.54) is 13.0 Å². The van der Waals surface area contributed by atoms with Crippen molar-refractivity contribution in [2.24, 2.45) is 0 Å². The highest BCUT2D eigenvalue weighted by atomic mass is 16.1. The molecule has 0 radical (unpaired) electrons. The number of carbonyl (C=O) groups excluding carboxylic acids is 2. The van der Waals surface area contributed by atoms with Gasteiger partial charge in [-0.3, -0.25) is 9.59 Å². The second kappa shape index (κ2) is 9.00. The molecule has 0 fully saturated rings. The van der Waals surface area contributed by atoms with Gasteiger partial charge in [0.2, 0.25) is 5.91 Å². The van der Waals surface area contributed by atoms with Gasteiger partial charge in [-0.15, -0.1) is 5.10 Å². The maximum absolute atomic E-state index is 12.5. The number of aromatic nitrogens is 3. The molecule has 1 aromatic heterocycles. The minimum absolute atomic E-state index is 0.0978. The van der Waals surface area contributed by atoms with Crippen molar-refractivity contribution in [3.05, 3.63) is 102 Å². The van der Waals surface area contributed by atoms with Gasteiger partial charge >= 0.3 is 0 Å². The Morgan fingerprint density at radius 1 is 0.903 bits per heavy atom. The predicted octanol–water partition coefficient (Wildman–Crippen LogP) is 4.79. The lowest BCUT2D eigenvalue weighted by molar-refractivity contribution is -0.114. The van der Waals surface area contributed by atoms with Crippen molar-refractivity contribution in [2.45, 2.75) is 6.92 Å². The molecule has 31 heavy (non-hydrogen) atoms. The molecule has 3 aromatic carbocycles. The number of hydrogen-bond acceptors (Lipinski definition) is 4. The lowest BCUT2D eigenvalue weighted by atomic mass is 10.1. The molecule has 1 N–H and O–H groups in total. The van der Waals surface area contributed by atoms with Gasteiger partial charge in [-0.25, -0.2) is 4.68 Å². The Balaban J connectivity index is 1.47. The molecule has 1 heterocycles. The number of anilines is 1. The highest BCUT2D eigenvalue weighted by Gasteiger charge is 2.09. The Hall–Kier alpha value is -4.32. The number of carbonyl (C=O) groups is 2. The van der Waals surface area contributed by atoms with Crippen LogP contribution in [0.1, 0.15) is 22.8 Å². The van der Waals surface area contributed by atoms with E-state index in [-0.39, 0.29) is 11.7 Å². The SMILES string of the molecule is CC(=O)Nc1ccc(C=CC(=O)c2ccc(-n3nncc3-c3ccccc3)cc2)cc1. The van der Waals surface area contributed by atoms with Crippen LogP contribution in [0.3, 0.4) is 0 Å². The van der Waals surface area contributed by atoms with Crippen LogP contribution in [0.25, 0.3) is 23.0 Å². The molecule has 0 aliphatic carbocycles. The monoisotopic (exact) mass is 408 g/mol. The Labute approximate surface area is 179 Å². The molecule has 0 saturated heterocycles. The van der Waals surface area contributed by atoms with E-state index in [2.05, 4.69) is 15.6 Å². The average molecular weight is 408 g/mol. The fraction of sp³-hybridized carbons (Fsp3) is 0.0400. The lowest BCUT2D eigenvalue weighted by Crippen LogP contribution is -2.05. The maximum Gasteiger partial charge on any atom is 0.221 e. The number of nitrogens with zero attached hydrogens (tertiary/aromatic N) is 3. The highest BCUT2D eigenvalue weighted by Crippen LogP contribution is 2.21. The van der Waals surface area contributed by atoms with Crippen LogP contribution in [0.5, 0.6) is 0 Å². The van der Waals surface area contributed by atoms with Crippen LogP contribution >= 0.6 is 0 Å². The minimum Gasteiger partial charge on any atom is -0.326 e. The summed E-state index contributed by atoms with van der Waals surface area (Å²) in [6.45, 7) is 1.46. The topological polar surface area (TPSA) is 76.9 Å². The van der Waals surface area contributed by atoms with E-state index in [9.17, 15) is 9.59 Å². The molecule has 6 nitrogen and oxygen atoms in total. The van der Waals surface area contributed by atoms with E-state index in [0.29, 0.717) is 5.56 Å². The van der Waals surface area contributed by atoms with Crippen LogP contribution in [0, 0.1) is 0 Å². The van der Waals surface area contributed by atoms with Crippen LogP contribution in [0.2, 0.25) is 0 Å². The molecule has 0 saturated carbocycles. The summed E-state index contributed by atoms with van der Waals surface area (Å²) in [6, 6.07) is 24.4. The Morgan fingerprint density at radius 3 is 2.29 bits per heavy atom. The van der Waals surface area contributed by atoms with Crippen LogP contribution in [0.15, 0.2) is 91.1 Å². The lowest BCUT2D eigenvalue weighted by Gasteiger charge is -2.07. The summed E-state index contributed by atoms with van der Waals surface area (Å²) < 4.78 is 1.75. The Morgan fingerprint density at radius 2 is 1.61 bits per heavy atom. The van der Waals surface area contributed by atoms with Gasteiger partial charge in [-0.05, 0) is 48.0 Å². The summed E-state index contributed by atoms with van der Waals surface area (Å²) in [5, 5.41) is 10.9. The number of amides is 1. The molecule has 152 valence electrons. The van der Waals surface area contributed by atoms with Crippen molar-refractivity contribution < 1.29 is 9.59 Å². The van der Waals surface area contributed by atoms with Gasteiger partial charge in [-0.1, -0.05) is 53.8 Å². The average Bonchev–Trinajstić information content (AvgIpc) is 3.29. The quantitative estimate of drug-likeness (QED) is 0.368. The Kier molecular flexibility index (Phi) is 5.80. The second-order valence-electron chi connectivity index (χ2n) is 6.94. The van der Waals surface area contributed by atoms with Gasteiger partial charge in [0, 0.05) is 23.7 Å². The van der Waals surface area contributed by atoms with Gasteiger partial charge in [0.15, 0.2) is 5.78 Å². The van der Waals surface area contributed by atoms with Gasteiger partial charge in [-0.2, -0.15) is 0 Å². The molecule has 1 amide bonds. The first kappa shape index (κ1) is 20.0. The van der Waals surface area contributed by atoms with Crippen LogP contribution in [0.4, 0.5) is 5.69 Å². The second-order valence-corrected chi connectivity index (χ2v) is 6.94. The first-order valence-corrected chi connectivity index (χ1v) is 9.77.